The van der Waals surface area contributed by atoms with Crippen molar-refractivity contribution in [3.05, 3.63) is 55.0 Å². The maximum Gasteiger partial charge on any atom is 0.213 e. The monoisotopic (exact) mass is 481 g/mol. The molecule has 0 aliphatic carbocycles. The van der Waals surface area contributed by atoms with Crippen molar-refractivity contribution in [3.63, 3.8) is 0 Å². The van der Waals surface area contributed by atoms with Crippen LogP contribution in [0.3, 0.4) is 0 Å². The highest BCUT2D eigenvalue weighted by Gasteiger charge is 2.19. The molecular formula is C25H31N5O3S. The number of pyridine rings is 1. The number of rotatable bonds is 9. The molecule has 0 unspecified atom stereocenters. The number of fused-ring (bicyclic) bond motifs is 1. The Hall–Kier alpha value is -3.30. The van der Waals surface area contributed by atoms with Gasteiger partial charge in [-0.25, -0.2) is 23.4 Å². The fraction of sp³-hybridized carbons (Fsp3) is 0.320. The van der Waals surface area contributed by atoms with E-state index in [0.29, 0.717) is 28.7 Å². The van der Waals surface area contributed by atoms with Crippen molar-refractivity contribution >= 4 is 21.0 Å². The van der Waals surface area contributed by atoms with Crippen molar-refractivity contribution in [2.75, 3.05) is 27.2 Å². The van der Waals surface area contributed by atoms with Crippen molar-refractivity contribution in [1.82, 2.24) is 24.8 Å². The van der Waals surface area contributed by atoms with Gasteiger partial charge in [0.25, 0.3) is 0 Å². The zero-order valence-electron chi connectivity index (χ0n) is 19.8. The largest absolute Gasteiger partial charge is 0.478 e. The van der Waals surface area contributed by atoms with Crippen LogP contribution in [-0.4, -0.2) is 65.8 Å². The van der Waals surface area contributed by atoms with Crippen LogP contribution < -0.4 is 4.74 Å². The molecule has 0 bridgehead atoms. The third-order valence-electron chi connectivity index (χ3n) is 5.53. The molecule has 8 nitrogen and oxygen atoms in total. The van der Waals surface area contributed by atoms with E-state index in [1.807, 2.05) is 32.4 Å². The van der Waals surface area contributed by atoms with E-state index in [0.717, 1.165) is 35.2 Å². The Balaban J connectivity index is 0.00000342. The molecule has 1 aromatic carbocycles. The van der Waals surface area contributed by atoms with Gasteiger partial charge in [0.15, 0.2) is 15.5 Å². The first kappa shape index (κ1) is 23.8. The standard InChI is InChI=1S/C25H29N5O3S.H2/c1-17(2)34(31,32)20-9-6-18(7-10-20)22-16-28-25-24(29-22)21(15-27-25)19-8-11-23(26-14-19)33-13-5-12-30(3)4;/h6-11,14-17H,5,12-13H2,1-4H3,(H,27,28);1H. The summed E-state index contributed by atoms with van der Waals surface area (Å²) < 4.78 is 30.5. The van der Waals surface area contributed by atoms with Crippen LogP contribution in [0.5, 0.6) is 5.88 Å². The topological polar surface area (TPSA) is 101 Å². The molecule has 3 aromatic heterocycles. The van der Waals surface area contributed by atoms with E-state index < -0.39 is 15.1 Å². The molecule has 0 fully saturated rings. The second kappa shape index (κ2) is 9.90. The van der Waals surface area contributed by atoms with Crippen LogP contribution >= 0.6 is 0 Å². The first-order valence-corrected chi connectivity index (χ1v) is 12.7. The van der Waals surface area contributed by atoms with E-state index in [9.17, 15) is 8.42 Å². The molecule has 0 aliphatic heterocycles. The van der Waals surface area contributed by atoms with Crippen molar-refractivity contribution in [3.8, 4) is 28.3 Å². The Kier molecular flexibility index (Phi) is 6.95. The molecule has 1 N–H and O–H groups in total. The third kappa shape index (κ3) is 5.10. The van der Waals surface area contributed by atoms with Crippen LogP contribution in [0.2, 0.25) is 0 Å². The zero-order chi connectivity index (χ0) is 24.3. The third-order valence-corrected chi connectivity index (χ3v) is 7.70. The minimum atomic E-state index is -3.32. The predicted molar refractivity (Wildman–Crippen MR) is 136 cm³/mol. The highest BCUT2D eigenvalue weighted by Crippen LogP contribution is 2.29. The van der Waals surface area contributed by atoms with Crippen LogP contribution in [0, 0.1) is 0 Å². The molecule has 0 radical (unpaired) electrons. The Labute approximate surface area is 201 Å². The first-order valence-electron chi connectivity index (χ1n) is 11.2. The number of hydrogen-bond acceptors (Lipinski definition) is 7. The smallest absolute Gasteiger partial charge is 0.213 e. The zero-order valence-corrected chi connectivity index (χ0v) is 20.6. The summed E-state index contributed by atoms with van der Waals surface area (Å²) >= 11 is 0. The molecule has 0 saturated heterocycles. The maximum atomic E-state index is 12.4. The van der Waals surface area contributed by atoms with E-state index >= 15 is 0 Å². The summed E-state index contributed by atoms with van der Waals surface area (Å²) in [6, 6.07) is 10.6. The van der Waals surface area contributed by atoms with E-state index in [1.165, 1.54) is 0 Å². The molecule has 0 amide bonds. The number of sulfone groups is 1. The van der Waals surface area contributed by atoms with Gasteiger partial charge in [0.2, 0.25) is 5.88 Å². The number of nitrogens with one attached hydrogen (secondary N) is 1. The van der Waals surface area contributed by atoms with Crippen molar-refractivity contribution in [2.24, 2.45) is 0 Å². The van der Waals surface area contributed by atoms with Gasteiger partial charge >= 0.3 is 0 Å². The molecule has 0 atom stereocenters. The van der Waals surface area contributed by atoms with Crippen LogP contribution in [0.1, 0.15) is 21.7 Å². The van der Waals surface area contributed by atoms with Gasteiger partial charge in [-0.05, 0) is 52.6 Å². The second-order valence-electron chi connectivity index (χ2n) is 8.66. The van der Waals surface area contributed by atoms with Crippen LogP contribution in [0.15, 0.2) is 59.9 Å². The Morgan fingerprint density at radius 1 is 1.03 bits per heavy atom. The van der Waals surface area contributed by atoms with Gasteiger partial charge in [0, 0.05) is 43.1 Å². The maximum absolute atomic E-state index is 12.4. The molecule has 0 aliphatic rings. The molecule has 34 heavy (non-hydrogen) atoms. The van der Waals surface area contributed by atoms with Gasteiger partial charge in [0.1, 0.15) is 5.52 Å². The minimum absolute atomic E-state index is 0. The molecule has 0 saturated carbocycles. The van der Waals surface area contributed by atoms with Crippen molar-refractivity contribution in [1.29, 1.82) is 0 Å². The molecule has 0 spiro atoms. The van der Waals surface area contributed by atoms with Gasteiger partial charge in [-0.1, -0.05) is 12.1 Å². The lowest BCUT2D eigenvalue weighted by Crippen LogP contribution is -2.15. The van der Waals surface area contributed by atoms with Crippen LogP contribution in [0.4, 0.5) is 0 Å². The quantitative estimate of drug-likeness (QED) is 0.353. The average Bonchev–Trinajstić information content (AvgIpc) is 3.25. The fourth-order valence-electron chi connectivity index (χ4n) is 3.52. The number of aromatic nitrogens is 4. The highest BCUT2D eigenvalue weighted by atomic mass is 32.2. The molecule has 180 valence electrons. The Bertz CT molecular complexity index is 1370. The SMILES string of the molecule is CC(C)S(=O)(=O)c1ccc(-c2cnc3[nH]cc(-c4ccc(OCCCN(C)C)nc4)c3n2)cc1.[HH]. The molecule has 9 heteroatoms. The van der Waals surface area contributed by atoms with Gasteiger partial charge in [-0.2, -0.15) is 0 Å². The minimum Gasteiger partial charge on any atom is -0.478 e. The second-order valence-corrected chi connectivity index (χ2v) is 11.2. The number of hydrogen-bond donors (Lipinski definition) is 1. The molecule has 3 heterocycles. The number of nitrogens with zero attached hydrogens (tertiary/aromatic N) is 4. The average molecular weight is 482 g/mol. The number of benzene rings is 1. The molecule has 4 aromatic rings. The van der Waals surface area contributed by atoms with Gasteiger partial charge < -0.3 is 14.6 Å². The van der Waals surface area contributed by atoms with E-state index in [-0.39, 0.29) is 1.43 Å². The highest BCUT2D eigenvalue weighted by molar-refractivity contribution is 7.92. The van der Waals surface area contributed by atoms with E-state index in [2.05, 4.69) is 19.9 Å². The number of ether oxygens (including phenoxy) is 1. The first-order chi connectivity index (χ1) is 16.3. The summed E-state index contributed by atoms with van der Waals surface area (Å²) in [6.45, 7) is 4.93. The lowest BCUT2D eigenvalue weighted by atomic mass is 10.1. The summed E-state index contributed by atoms with van der Waals surface area (Å²) in [4.78, 5) is 19.3. The van der Waals surface area contributed by atoms with Crippen molar-refractivity contribution < 1.29 is 14.6 Å². The lowest BCUT2D eigenvalue weighted by molar-refractivity contribution is 0.273. The van der Waals surface area contributed by atoms with E-state index in [1.54, 1.807) is 50.5 Å². The normalized spacial score (nSPS) is 12.1. The Morgan fingerprint density at radius 2 is 1.76 bits per heavy atom. The number of aromatic amines is 1. The summed E-state index contributed by atoms with van der Waals surface area (Å²) in [7, 11) is 0.753. The molecular weight excluding hydrogens is 450 g/mol. The summed E-state index contributed by atoms with van der Waals surface area (Å²) in [5, 5.41) is -0.472. The van der Waals surface area contributed by atoms with Crippen molar-refractivity contribution in [2.45, 2.75) is 30.4 Å². The van der Waals surface area contributed by atoms with Crippen LogP contribution in [0.25, 0.3) is 33.5 Å². The summed E-state index contributed by atoms with van der Waals surface area (Å²) in [6.07, 6.45) is 6.24. The van der Waals surface area contributed by atoms with Gasteiger partial charge in [-0.15, -0.1) is 0 Å². The van der Waals surface area contributed by atoms with E-state index in [4.69, 9.17) is 9.72 Å². The fourth-order valence-corrected chi connectivity index (χ4v) is 4.58. The number of H-pyrrole nitrogens is 1. The predicted octanol–water partition coefficient (Wildman–Crippen LogP) is 4.45. The Morgan fingerprint density at radius 3 is 2.41 bits per heavy atom. The lowest BCUT2D eigenvalue weighted by Gasteiger charge is -2.10. The van der Waals surface area contributed by atoms with Crippen LogP contribution in [-0.2, 0) is 9.84 Å². The summed E-state index contributed by atoms with van der Waals surface area (Å²) in [5.41, 5.74) is 4.63. The van der Waals surface area contributed by atoms with Gasteiger partial charge in [0.05, 0.1) is 28.6 Å². The summed E-state index contributed by atoms with van der Waals surface area (Å²) in [5.74, 6) is 0.588. The van der Waals surface area contributed by atoms with Gasteiger partial charge in [-0.3, -0.25) is 0 Å². The molecule has 4 rings (SSSR count).